The molecule has 0 bridgehead atoms. The maximum absolute atomic E-state index is 0. The SMILES string of the molecule is [Cu+].[Na+].[Na+].[Na+].[Na+].[Na+].[O-2].[O-2].[S-2]. The third-order valence-corrected chi connectivity index (χ3v) is 0. The van der Waals surface area contributed by atoms with Gasteiger partial charge in [-0.1, -0.05) is 0 Å². The van der Waals surface area contributed by atoms with Gasteiger partial charge in [-0.05, 0) is 0 Å². The quantitative estimate of drug-likeness (QED) is 0.379. The van der Waals surface area contributed by atoms with Crippen molar-refractivity contribution in [3.63, 3.8) is 0 Å². The smallest absolute Gasteiger partial charge is 1.00 e. The van der Waals surface area contributed by atoms with Gasteiger partial charge in [0.1, 0.15) is 0 Å². The summed E-state index contributed by atoms with van der Waals surface area (Å²) in [5.41, 5.74) is 0. The summed E-state index contributed by atoms with van der Waals surface area (Å²) in [4.78, 5) is 0. The maximum Gasteiger partial charge on any atom is 1.00 e. The maximum atomic E-state index is 0. The third-order valence-electron chi connectivity index (χ3n) is 0. The van der Waals surface area contributed by atoms with Gasteiger partial charge in [-0.15, -0.1) is 0 Å². The van der Waals surface area contributed by atoms with Crippen LogP contribution in [-0.4, -0.2) is 0 Å². The molecule has 0 radical (unpaired) electrons. The molecule has 9 heteroatoms. The van der Waals surface area contributed by atoms with E-state index in [-0.39, 0.29) is 189 Å². The monoisotopic (exact) mass is 242 g/mol. The zero-order valence-corrected chi connectivity index (χ0v) is 18.3. The Balaban J connectivity index is 0. The number of rotatable bonds is 0. The first-order valence-electron chi connectivity index (χ1n) is 0. The molecule has 0 N–H and O–H groups in total. The van der Waals surface area contributed by atoms with Crippen LogP contribution in [0.5, 0.6) is 0 Å². The summed E-state index contributed by atoms with van der Waals surface area (Å²) in [6.45, 7) is 0. The summed E-state index contributed by atoms with van der Waals surface area (Å²) >= 11 is 0. The van der Waals surface area contributed by atoms with E-state index in [1.54, 1.807) is 0 Å². The van der Waals surface area contributed by atoms with Crippen LogP contribution in [0.2, 0.25) is 0 Å². The van der Waals surface area contributed by atoms with E-state index < -0.39 is 0 Å². The standard InChI is InChI=1S/Cu.5Na.2O.S/q6*+1;3*-2. The summed E-state index contributed by atoms with van der Waals surface area (Å²) < 4.78 is 0. The first kappa shape index (κ1) is 83.9. The van der Waals surface area contributed by atoms with Crippen LogP contribution in [0.25, 0.3) is 0 Å². The summed E-state index contributed by atoms with van der Waals surface area (Å²) in [5, 5.41) is 0. The second kappa shape index (κ2) is 67.3. The van der Waals surface area contributed by atoms with Crippen molar-refractivity contribution in [1.29, 1.82) is 0 Å². The Morgan fingerprint density at radius 1 is 0.444 bits per heavy atom. The first-order chi connectivity index (χ1) is 0. The minimum Gasteiger partial charge on any atom is -2.00 e. The molecule has 0 aliphatic heterocycles. The molecule has 0 aliphatic carbocycles. The molecular formula is CuNa5O2S. The van der Waals surface area contributed by atoms with E-state index in [1.165, 1.54) is 0 Å². The fraction of sp³-hybridized carbons (Fsp3) is 0. The largest absolute Gasteiger partial charge is 2.00 e. The van der Waals surface area contributed by atoms with E-state index in [4.69, 9.17) is 0 Å². The fourth-order valence-corrected chi connectivity index (χ4v) is 0. The van der Waals surface area contributed by atoms with Crippen molar-refractivity contribution < 1.29 is 176 Å². The van der Waals surface area contributed by atoms with Gasteiger partial charge in [0.2, 0.25) is 0 Å². The predicted octanol–water partition coefficient (Wildman–Crippen LogP) is -15.2. The van der Waals surface area contributed by atoms with Crippen LogP contribution in [0.3, 0.4) is 0 Å². The Bertz CT molecular complexity index is 14.9. The van der Waals surface area contributed by atoms with Crippen molar-refractivity contribution >= 4 is 13.5 Å². The van der Waals surface area contributed by atoms with Crippen molar-refractivity contribution in [3.05, 3.63) is 0 Å². The van der Waals surface area contributed by atoms with Gasteiger partial charge in [-0.25, -0.2) is 0 Å². The molecule has 0 spiro atoms. The second-order valence-electron chi connectivity index (χ2n) is 0. The zero-order valence-electron chi connectivity index (χ0n) is 6.53. The molecule has 0 saturated carbocycles. The molecule has 0 heterocycles. The van der Waals surface area contributed by atoms with Crippen molar-refractivity contribution in [3.8, 4) is 0 Å². The Morgan fingerprint density at radius 3 is 0.444 bits per heavy atom. The summed E-state index contributed by atoms with van der Waals surface area (Å²) in [5.74, 6) is 0. The van der Waals surface area contributed by atoms with Gasteiger partial charge in [0.15, 0.2) is 0 Å². The van der Waals surface area contributed by atoms with E-state index in [9.17, 15) is 0 Å². The molecule has 9 heavy (non-hydrogen) atoms. The van der Waals surface area contributed by atoms with Crippen LogP contribution in [0, 0.1) is 0 Å². The molecular weight excluding hydrogens is 243 g/mol. The summed E-state index contributed by atoms with van der Waals surface area (Å²) in [6.07, 6.45) is 0. The molecule has 0 amide bonds. The van der Waals surface area contributed by atoms with Gasteiger partial charge >= 0.3 is 165 Å². The Morgan fingerprint density at radius 2 is 0.444 bits per heavy atom. The third kappa shape index (κ3) is 57.2. The first-order valence-corrected chi connectivity index (χ1v) is 0. The van der Waals surface area contributed by atoms with Crippen molar-refractivity contribution in [1.82, 2.24) is 0 Å². The molecule has 0 fully saturated rings. The normalized spacial score (nSPS) is 0. The van der Waals surface area contributed by atoms with E-state index in [2.05, 4.69) is 0 Å². The molecule has 0 saturated heterocycles. The summed E-state index contributed by atoms with van der Waals surface area (Å²) in [6, 6.07) is 0. The molecule has 0 rings (SSSR count). The van der Waals surface area contributed by atoms with Gasteiger partial charge in [0.25, 0.3) is 0 Å². The molecule has 34 valence electrons. The molecule has 0 aliphatic rings. The minimum absolute atomic E-state index is 0. The Hall–Kier alpha value is 5.79. The van der Waals surface area contributed by atoms with Crippen LogP contribution in [0.4, 0.5) is 0 Å². The van der Waals surface area contributed by atoms with E-state index >= 15 is 0 Å². The van der Waals surface area contributed by atoms with Crippen LogP contribution < -0.4 is 148 Å². The average Bonchev–Trinajstić information content (AvgIpc) is 0. The fourth-order valence-electron chi connectivity index (χ4n) is 0. The number of hydrogen-bond acceptors (Lipinski definition) is 0. The minimum atomic E-state index is 0. The molecule has 0 unspecified atom stereocenters. The van der Waals surface area contributed by atoms with E-state index in [0.29, 0.717) is 0 Å². The van der Waals surface area contributed by atoms with Gasteiger partial charge < -0.3 is 24.4 Å². The summed E-state index contributed by atoms with van der Waals surface area (Å²) in [7, 11) is 0. The van der Waals surface area contributed by atoms with Crippen LogP contribution in [-0.2, 0) is 41.5 Å². The van der Waals surface area contributed by atoms with E-state index in [0.717, 1.165) is 0 Å². The predicted molar refractivity (Wildman–Crippen MR) is 8.74 cm³/mol. The zero-order chi connectivity index (χ0) is 0. The second-order valence-corrected chi connectivity index (χ2v) is 0. The molecule has 0 aromatic rings. The van der Waals surface area contributed by atoms with Gasteiger partial charge in [0, 0.05) is 0 Å². The van der Waals surface area contributed by atoms with Crippen LogP contribution in [0.15, 0.2) is 0 Å². The van der Waals surface area contributed by atoms with Crippen LogP contribution in [0.1, 0.15) is 0 Å². The van der Waals surface area contributed by atoms with Crippen LogP contribution >= 0.6 is 0 Å². The van der Waals surface area contributed by atoms with Gasteiger partial charge in [0.05, 0.1) is 0 Å². The van der Waals surface area contributed by atoms with Crippen molar-refractivity contribution in [2.45, 2.75) is 0 Å². The number of hydrogen-bond donors (Lipinski definition) is 0. The average molecular weight is 243 g/mol. The molecule has 0 aromatic heterocycles. The van der Waals surface area contributed by atoms with Crippen molar-refractivity contribution in [2.24, 2.45) is 0 Å². The Labute approximate surface area is 184 Å². The topological polar surface area (TPSA) is 57.0 Å². The molecule has 2 nitrogen and oxygen atoms in total. The van der Waals surface area contributed by atoms with Gasteiger partial charge in [-0.2, -0.15) is 0 Å². The molecule has 0 aromatic carbocycles. The molecule has 0 atom stereocenters. The van der Waals surface area contributed by atoms with Gasteiger partial charge in [-0.3, -0.25) is 0 Å². The van der Waals surface area contributed by atoms with Crippen molar-refractivity contribution in [2.75, 3.05) is 0 Å². The Kier molecular flexibility index (Phi) is 627. The van der Waals surface area contributed by atoms with E-state index in [1.807, 2.05) is 0 Å².